The molecular weight excluding hydrogens is 330 g/mol. The predicted molar refractivity (Wildman–Crippen MR) is 100 cm³/mol. The molecule has 3 rings (SSSR count). The zero-order chi connectivity index (χ0) is 18.2. The van der Waals surface area contributed by atoms with Gasteiger partial charge in [-0.3, -0.25) is 14.5 Å². The maximum atomic E-state index is 12.1. The highest BCUT2D eigenvalue weighted by Crippen LogP contribution is 2.11. The van der Waals surface area contributed by atoms with Crippen LogP contribution in [-0.2, 0) is 9.59 Å². The van der Waals surface area contributed by atoms with Crippen LogP contribution in [0.2, 0.25) is 0 Å². The van der Waals surface area contributed by atoms with Gasteiger partial charge in [-0.05, 0) is 43.2 Å². The molecule has 0 aliphatic carbocycles. The molecule has 0 radical (unpaired) electrons. The van der Waals surface area contributed by atoms with Crippen LogP contribution in [0.15, 0.2) is 59.2 Å². The number of carbonyl (C=O) groups is 2. The molecule has 1 aromatic heterocycles. The maximum Gasteiger partial charge on any atom is 0.244 e. The minimum absolute atomic E-state index is 0.0138. The van der Waals surface area contributed by atoms with Gasteiger partial charge >= 0.3 is 0 Å². The molecule has 136 valence electrons. The Labute approximate surface area is 152 Å². The quantitative estimate of drug-likeness (QED) is 0.783. The van der Waals surface area contributed by atoms with Gasteiger partial charge < -0.3 is 15.1 Å². The van der Waals surface area contributed by atoms with Crippen LogP contribution >= 0.6 is 0 Å². The first kappa shape index (κ1) is 17.9. The number of carbonyl (C=O) groups excluding carboxylic acids is 2. The molecule has 1 aliphatic rings. The van der Waals surface area contributed by atoms with E-state index in [-0.39, 0.29) is 17.9 Å². The van der Waals surface area contributed by atoms with E-state index in [0.29, 0.717) is 12.3 Å². The summed E-state index contributed by atoms with van der Waals surface area (Å²) >= 11 is 0. The predicted octanol–water partition coefficient (Wildman–Crippen LogP) is 2.51. The maximum absolute atomic E-state index is 12.1. The van der Waals surface area contributed by atoms with E-state index in [2.05, 4.69) is 15.5 Å². The number of hydrogen-bond acceptors (Lipinski definition) is 4. The van der Waals surface area contributed by atoms with Gasteiger partial charge in [-0.1, -0.05) is 18.2 Å². The zero-order valence-corrected chi connectivity index (χ0v) is 14.6. The molecule has 2 amide bonds. The van der Waals surface area contributed by atoms with Crippen LogP contribution in [0.5, 0.6) is 0 Å². The number of para-hydroxylation sites is 1. The van der Waals surface area contributed by atoms with E-state index in [1.54, 1.807) is 24.5 Å². The first-order chi connectivity index (χ1) is 12.7. The van der Waals surface area contributed by atoms with Crippen molar-refractivity contribution in [1.29, 1.82) is 0 Å². The number of piperidine rings is 1. The van der Waals surface area contributed by atoms with Crippen molar-refractivity contribution in [2.75, 3.05) is 25.0 Å². The average Bonchev–Trinajstić information content (AvgIpc) is 3.16. The number of rotatable bonds is 6. The standard InChI is InChI=1S/C20H23N3O3/c24-19(9-8-18-7-4-14-26-18)21-17-10-12-23(13-11-17)15-20(25)22-16-5-2-1-3-6-16/h1-9,14,17H,10-13,15H2,(H,21,24)(H,22,25)/b9-8+. The van der Waals surface area contributed by atoms with Gasteiger partial charge in [0.1, 0.15) is 5.76 Å². The minimum Gasteiger partial charge on any atom is -0.465 e. The first-order valence-electron chi connectivity index (χ1n) is 8.78. The number of hydrogen-bond donors (Lipinski definition) is 2. The van der Waals surface area contributed by atoms with Crippen molar-refractivity contribution in [2.24, 2.45) is 0 Å². The molecule has 2 heterocycles. The van der Waals surface area contributed by atoms with Crippen molar-refractivity contribution in [2.45, 2.75) is 18.9 Å². The number of nitrogens with one attached hydrogen (secondary N) is 2. The molecule has 2 N–H and O–H groups in total. The fourth-order valence-corrected chi connectivity index (χ4v) is 2.95. The van der Waals surface area contributed by atoms with E-state index in [1.165, 1.54) is 6.08 Å². The van der Waals surface area contributed by atoms with Crippen molar-refractivity contribution < 1.29 is 14.0 Å². The van der Waals surface area contributed by atoms with E-state index < -0.39 is 0 Å². The van der Waals surface area contributed by atoms with Crippen molar-refractivity contribution in [3.05, 3.63) is 60.6 Å². The van der Waals surface area contributed by atoms with Crippen molar-refractivity contribution in [3.63, 3.8) is 0 Å². The van der Waals surface area contributed by atoms with Crippen LogP contribution in [0.1, 0.15) is 18.6 Å². The second kappa shape index (κ2) is 9.01. The largest absolute Gasteiger partial charge is 0.465 e. The summed E-state index contributed by atoms with van der Waals surface area (Å²) in [6.07, 6.45) is 6.37. The van der Waals surface area contributed by atoms with Crippen LogP contribution < -0.4 is 10.6 Å². The Bertz CT molecular complexity index is 733. The summed E-state index contributed by atoms with van der Waals surface area (Å²) < 4.78 is 5.16. The molecule has 0 bridgehead atoms. The lowest BCUT2D eigenvalue weighted by Gasteiger charge is -2.31. The highest BCUT2D eigenvalue weighted by atomic mass is 16.3. The Kier molecular flexibility index (Phi) is 6.22. The molecule has 1 saturated heterocycles. The molecule has 6 heteroatoms. The highest BCUT2D eigenvalue weighted by molar-refractivity contribution is 5.92. The molecule has 1 aliphatic heterocycles. The van der Waals surface area contributed by atoms with Gasteiger partial charge in [0.05, 0.1) is 12.8 Å². The lowest BCUT2D eigenvalue weighted by atomic mass is 10.0. The molecule has 0 spiro atoms. The summed E-state index contributed by atoms with van der Waals surface area (Å²) in [4.78, 5) is 26.2. The van der Waals surface area contributed by atoms with Gasteiger partial charge in [0.15, 0.2) is 0 Å². The lowest BCUT2D eigenvalue weighted by molar-refractivity contribution is -0.119. The summed E-state index contributed by atoms with van der Waals surface area (Å²) in [6.45, 7) is 1.94. The van der Waals surface area contributed by atoms with E-state index >= 15 is 0 Å². The monoisotopic (exact) mass is 353 g/mol. The molecule has 1 fully saturated rings. The second-order valence-electron chi connectivity index (χ2n) is 6.32. The number of likely N-dealkylation sites (tertiary alicyclic amines) is 1. The number of anilines is 1. The van der Waals surface area contributed by atoms with Crippen molar-refractivity contribution >= 4 is 23.6 Å². The summed E-state index contributed by atoms with van der Waals surface area (Å²) in [5.41, 5.74) is 0.808. The topological polar surface area (TPSA) is 74.6 Å². The Hall–Kier alpha value is -2.86. The van der Waals surface area contributed by atoms with E-state index in [0.717, 1.165) is 31.6 Å². The van der Waals surface area contributed by atoms with Gasteiger partial charge in [0.25, 0.3) is 0 Å². The zero-order valence-electron chi connectivity index (χ0n) is 14.6. The molecule has 2 aromatic rings. The third-order valence-corrected chi connectivity index (χ3v) is 4.30. The summed E-state index contributed by atoms with van der Waals surface area (Å²) in [5.74, 6) is 0.515. The Morgan fingerprint density at radius 2 is 1.88 bits per heavy atom. The summed E-state index contributed by atoms with van der Waals surface area (Å²) in [7, 11) is 0. The Morgan fingerprint density at radius 1 is 1.12 bits per heavy atom. The Morgan fingerprint density at radius 3 is 2.58 bits per heavy atom. The third-order valence-electron chi connectivity index (χ3n) is 4.30. The molecule has 26 heavy (non-hydrogen) atoms. The molecule has 0 atom stereocenters. The van der Waals surface area contributed by atoms with E-state index in [1.807, 2.05) is 30.3 Å². The fraction of sp³-hybridized carbons (Fsp3) is 0.300. The smallest absolute Gasteiger partial charge is 0.244 e. The minimum atomic E-state index is -0.123. The number of furan rings is 1. The van der Waals surface area contributed by atoms with Gasteiger partial charge in [-0.15, -0.1) is 0 Å². The SMILES string of the molecule is O=C(/C=C/c1ccco1)NC1CCN(CC(=O)Nc2ccccc2)CC1. The van der Waals surface area contributed by atoms with Crippen LogP contribution in [-0.4, -0.2) is 42.4 Å². The van der Waals surface area contributed by atoms with Gasteiger partial charge in [-0.2, -0.15) is 0 Å². The molecular formula is C20H23N3O3. The fourth-order valence-electron chi connectivity index (χ4n) is 2.95. The van der Waals surface area contributed by atoms with Crippen LogP contribution in [0.4, 0.5) is 5.69 Å². The number of nitrogens with zero attached hydrogens (tertiary/aromatic N) is 1. The molecule has 6 nitrogen and oxygen atoms in total. The van der Waals surface area contributed by atoms with Crippen LogP contribution in [0.3, 0.4) is 0 Å². The third kappa shape index (κ3) is 5.60. The molecule has 0 saturated carbocycles. The first-order valence-corrected chi connectivity index (χ1v) is 8.78. The molecule has 1 aromatic carbocycles. The van der Waals surface area contributed by atoms with E-state index in [4.69, 9.17) is 4.42 Å². The van der Waals surface area contributed by atoms with Crippen molar-refractivity contribution in [3.8, 4) is 0 Å². The van der Waals surface area contributed by atoms with Gasteiger partial charge in [-0.25, -0.2) is 0 Å². The summed E-state index contributed by atoms with van der Waals surface area (Å²) in [6, 6.07) is 13.2. The second-order valence-corrected chi connectivity index (χ2v) is 6.32. The van der Waals surface area contributed by atoms with Crippen LogP contribution in [0, 0.1) is 0 Å². The highest BCUT2D eigenvalue weighted by Gasteiger charge is 2.21. The number of amides is 2. The lowest BCUT2D eigenvalue weighted by Crippen LogP contribution is -2.46. The normalized spacial score (nSPS) is 15.8. The Balaban J connectivity index is 1.37. The van der Waals surface area contributed by atoms with Crippen LogP contribution in [0.25, 0.3) is 6.08 Å². The number of benzene rings is 1. The van der Waals surface area contributed by atoms with Crippen molar-refractivity contribution in [1.82, 2.24) is 10.2 Å². The van der Waals surface area contributed by atoms with Gasteiger partial charge in [0.2, 0.25) is 11.8 Å². The average molecular weight is 353 g/mol. The summed E-state index contributed by atoms with van der Waals surface area (Å²) in [5, 5.41) is 5.89. The van der Waals surface area contributed by atoms with E-state index in [9.17, 15) is 9.59 Å². The van der Waals surface area contributed by atoms with Gasteiger partial charge in [0, 0.05) is 30.9 Å². The molecule has 0 unspecified atom stereocenters.